The third kappa shape index (κ3) is 3.08. The third-order valence-electron chi connectivity index (χ3n) is 3.50. The Morgan fingerprint density at radius 1 is 1.16 bits per heavy atom. The van der Waals surface area contributed by atoms with Crippen LogP contribution in [0.15, 0.2) is 29.2 Å². The topological polar surface area (TPSA) is 77.8 Å². The van der Waals surface area contributed by atoms with E-state index in [9.17, 15) is 13.5 Å². The molecule has 1 fully saturated rings. The lowest BCUT2D eigenvalue weighted by molar-refractivity contribution is 0.226. The molecule has 0 saturated heterocycles. The summed E-state index contributed by atoms with van der Waals surface area (Å²) in [5, 5.41) is 18.3. The van der Waals surface area contributed by atoms with Crippen molar-refractivity contribution in [2.75, 3.05) is 13.2 Å². The summed E-state index contributed by atoms with van der Waals surface area (Å²) < 4.78 is 26.5. The molecular formula is C13H19NO4S. The highest BCUT2D eigenvalue weighted by molar-refractivity contribution is 7.89. The van der Waals surface area contributed by atoms with Crippen molar-refractivity contribution in [1.82, 2.24) is 4.31 Å². The van der Waals surface area contributed by atoms with Gasteiger partial charge >= 0.3 is 0 Å². The van der Waals surface area contributed by atoms with E-state index in [0.29, 0.717) is 0 Å². The lowest BCUT2D eigenvalue weighted by Gasteiger charge is -2.27. The molecule has 6 heteroatoms. The predicted octanol–water partition coefficient (Wildman–Crippen LogP) is 1.32. The number of sulfonamides is 1. The molecule has 0 atom stereocenters. The Morgan fingerprint density at radius 2 is 1.74 bits per heavy atom. The molecule has 1 aromatic rings. The number of phenols is 1. The summed E-state index contributed by atoms with van der Waals surface area (Å²) >= 11 is 0. The first-order chi connectivity index (χ1) is 9.05. The van der Waals surface area contributed by atoms with Crippen LogP contribution < -0.4 is 0 Å². The minimum Gasteiger partial charge on any atom is -0.508 e. The number of aromatic hydroxyl groups is 1. The van der Waals surface area contributed by atoms with Crippen LogP contribution in [0.5, 0.6) is 5.75 Å². The van der Waals surface area contributed by atoms with Gasteiger partial charge in [0.2, 0.25) is 10.0 Å². The van der Waals surface area contributed by atoms with Gasteiger partial charge in [-0.2, -0.15) is 4.31 Å². The van der Waals surface area contributed by atoms with Crippen molar-refractivity contribution >= 4 is 10.0 Å². The molecule has 2 N–H and O–H groups in total. The fraction of sp³-hybridized carbons (Fsp3) is 0.538. The Hall–Kier alpha value is -1.11. The summed E-state index contributed by atoms with van der Waals surface area (Å²) in [7, 11) is -3.60. The first-order valence-corrected chi connectivity index (χ1v) is 7.91. The van der Waals surface area contributed by atoms with E-state index < -0.39 is 10.0 Å². The van der Waals surface area contributed by atoms with Gasteiger partial charge < -0.3 is 10.2 Å². The van der Waals surface area contributed by atoms with E-state index in [0.717, 1.165) is 25.7 Å². The minimum absolute atomic E-state index is 0.0223. The molecule has 0 heterocycles. The summed E-state index contributed by atoms with van der Waals surface area (Å²) in [5.41, 5.74) is 0. The molecule has 0 amide bonds. The zero-order valence-corrected chi connectivity index (χ0v) is 11.5. The number of phenolic OH excluding ortho intramolecular Hbond substituents is 1. The van der Waals surface area contributed by atoms with Crippen LogP contribution in [0.3, 0.4) is 0 Å². The second-order valence-electron chi connectivity index (χ2n) is 4.77. The summed E-state index contributed by atoms with van der Waals surface area (Å²) in [6.07, 6.45) is 3.74. The van der Waals surface area contributed by atoms with Gasteiger partial charge in [-0.25, -0.2) is 8.42 Å². The van der Waals surface area contributed by atoms with Crippen LogP contribution in [0, 0.1) is 0 Å². The molecule has 1 aliphatic carbocycles. The van der Waals surface area contributed by atoms with Crippen LogP contribution in [0.4, 0.5) is 0 Å². The van der Waals surface area contributed by atoms with Gasteiger partial charge in [0.15, 0.2) is 0 Å². The van der Waals surface area contributed by atoms with Crippen molar-refractivity contribution in [3.63, 3.8) is 0 Å². The lowest BCUT2D eigenvalue weighted by atomic mass is 10.2. The van der Waals surface area contributed by atoms with E-state index in [1.807, 2.05) is 0 Å². The van der Waals surface area contributed by atoms with E-state index in [1.54, 1.807) is 0 Å². The average molecular weight is 285 g/mol. The molecule has 1 saturated carbocycles. The molecule has 2 rings (SSSR count). The number of nitrogens with zero attached hydrogens (tertiary/aromatic N) is 1. The van der Waals surface area contributed by atoms with Gasteiger partial charge in [0.25, 0.3) is 0 Å². The molecule has 0 aromatic heterocycles. The van der Waals surface area contributed by atoms with Crippen LogP contribution in [-0.4, -0.2) is 42.1 Å². The first kappa shape index (κ1) is 14.3. The maximum Gasteiger partial charge on any atom is 0.243 e. The second kappa shape index (κ2) is 5.90. The minimum atomic E-state index is -3.60. The molecule has 19 heavy (non-hydrogen) atoms. The first-order valence-electron chi connectivity index (χ1n) is 6.47. The van der Waals surface area contributed by atoms with Crippen molar-refractivity contribution in [3.8, 4) is 5.75 Å². The largest absolute Gasteiger partial charge is 0.508 e. The SMILES string of the molecule is O=S(=O)(c1ccc(O)cc1)N(CCO)C1CCCC1. The molecule has 0 aliphatic heterocycles. The quantitative estimate of drug-likeness (QED) is 0.855. The van der Waals surface area contributed by atoms with E-state index in [-0.39, 0.29) is 29.8 Å². The average Bonchev–Trinajstić information content (AvgIpc) is 2.89. The molecule has 1 aliphatic rings. The number of benzene rings is 1. The summed E-state index contributed by atoms with van der Waals surface area (Å²) in [6, 6.07) is 5.48. The highest BCUT2D eigenvalue weighted by atomic mass is 32.2. The monoisotopic (exact) mass is 285 g/mol. The van der Waals surface area contributed by atoms with Gasteiger partial charge in [-0.05, 0) is 37.1 Å². The summed E-state index contributed by atoms with van der Waals surface area (Å²) in [5.74, 6) is 0.0357. The predicted molar refractivity (Wildman–Crippen MR) is 71.3 cm³/mol. The highest BCUT2D eigenvalue weighted by Crippen LogP contribution is 2.28. The van der Waals surface area contributed by atoms with Crippen molar-refractivity contribution < 1.29 is 18.6 Å². The van der Waals surface area contributed by atoms with Gasteiger partial charge in [-0.1, -0.05) is 12.8 Å². The Kier molecular flexibility index (Phi) is 4.44. The molecule has 1 aromatic carbocycles. The summed E-state index contributed by atoms with van der Waals surface area (Å²) in [4.78, 5) is 0.158. The number of aliphatic hydroxyl groups is 1. The van der Waals surface area contributed by atoms with Gasteiger partial charge in [0.1, 0.15) is 5.75 Å². The van der Waals surface area contributed by atoms with Crippen LogP contribution >= 0.6 is 0 Å². The van der Waals surface area contributed by atoms with E-state index in [4.69, 9.17) is 5.11 Å². The van der Waals surface area contributed by atoms with Crippen LogP contribution in [-0.2, 0) is 10.0 Å². The lowest BCUT2D eigenvalue weighted by Crippen LogP contribution is -2.40. The Bertz CT molecular complexity index is 506. The number of hydrogen-bond acceptors (Lipinski definition) is 4. The fourth-order valence-electron chi connectivity index (χ4n) is 2.54. The molecule has 106 valence electrons. The van der Waals surface area contributed by atoms with Gasteiger partial charge in [0.05, 0.1) is 11.5 Å². The Morgan fingerprint density at radius 3 is 2.26 bits per heavy atom. The molecule has 0 unspecified atom stereocenters. The zero-order valence-electron chi connectivity index (χ0n) is 10.7. The van der Waals surface area contributed by atoms with Crippen molar-refractivity contribution in [1.29, 1.82) is 0 Å². The molecule has 5 nitrogen and oxygen atoms in total. The third-order valence-corrected chi connectivity index (χ3v) is 5.46. The van der Waals surface area contributed by atoms with Gasteiger partial charge in [-0.3, -0.25) is 0 Å². The van der Waals surface area contributed by atoms with E-state index >= 15 is 0 Å². The van der Waals surface area contributed by atoms with E-state index in [1.165, 1.54) is 28.6 Å². The maximum absolute atomic E-state index is 12.6. The number of aliphatic hydroxyl groups excluding tert-OH is 1. The van der Waals surface area contributed by atoms with Crippen LogP contribution in [0.1, 0.15) is 25.7 Å². The van der Waals surface area contributed by atoms with Crippen LogP contribution in [0.25, 0.3) is 0 Å². The summed E-state index contributed by atoms with van der Waals surface area (Å²) in [6.45, 7) is -0.0678. The van der Waals surface area contributed by atoms with Crippen molar-refractivity contribution in [3.05, 3.63) is 24.3 Å². The van der Waals surface area contributed by atoms with E-state index in [2.05, 4.69) is 0 Å². The molecule has 0 radical (unpaired) electrons. The Labute approximate surface area is 113 Å². The zero-order chi connectivity index (χ0) is 13.9. The highest BCUT2D eigenvalue weighted by Gasteiger charge is 2.32. The molecule has 0 bridgehead atoms. The van der Waals surface area contributed by atoms with Gasteiger partial charge in [0, 0.05) is 12.6 Å². The Balaban J connectivity index is 2.30. The standard InChI is InChI=1S/C13H19NO4S/c15-10-9-14(11-3-1-2-4-11)19(17,18)13-7-5-12(16)6-8-13/h5-8,11,15-16H,1-4,9-10H2. The molecule has 0 spiro atoms. The second-order valence-corrected chi connectivity index (χ2v) is 6.66. The van der Waals surface area contributed by atoms with Crippen molar-refractivity contribution in [2.45, 2.75) is 36.6 Å². The van der Waals surface area contributed by atoms with Crippen molar-refractivity contribution in [2.24, 2.45) is 0 Å². The normalized spacial score (nSPS) is 17.2. The number of hydrogen-bond donors (Lipinski definition) is 2. The van der Waals surface area contributed by atoms with Gasteiger partial charge in [-0.15, -0.1) is 0 Å². The smallest absolute Gasteiger partial charge is 0.243 e. The fourth-order valence-corrected chi connectivity index (χ4v) is 4.22. The molecular weight excluding hydrogens is 266 g/mol. The number of rotatable bonds is 5. The maximum atomic E-state index is 12.6. The van der Waals surface area contributed by atoms with Crippen LogP contribution in [0.2, 0.25) is 0 Å².